The highest BCUT2D eigenvalue weighted by atomic mass is 35.5. The summed E-state index contributed by atoms with van der Waals surface area (Å²) in [6, 6.07) is 13.8. The quantitative estimate of drug-likeness (QED) is 0.517. The molecule has 30 heavy (non-hydrogen) atoms. The van der Waals surface area contributed by atoms with Crippen molar-refractivity contribution in [3.63, 3.8) is 0 Å². The fourth-order valence-corrected chi connectivity index (χ4v) is 3.46. The van der Waals surface area contributed by atoms with E-state index in [4.69, 9.17) is 16.3 Å². The Hall–Kier alpha value is -3.04. The summed E-state index contributed by atoms with van der Waals surface area (Å²) in [7, 11) is 3.35. The lowest BCUT2D eigenvalue weighted by Crippen LogP contribution is -2.24. The van der Waals surface area contributed by atoms with E-state index < -0.39 is 0 Å². The number of aromatic nitrogens is 3. The van der Waals surface area contributed by atoms with E-state index in [2.05, 4.69) is 20.8 Å². The minimum absolute atomic E-state index is 0.165. The monoisotopic (exact) mass is 445 g/mol. The molecule has 0 radical (unpaired) electrons. The van der Waals surface area contributed by atoms with E-state index in [0.717, 1.165) is 0 Å². The topological polar surface area (TPSA) is 98.1 Å². The van der Waals surface area contributed by atoms with Gasteiger partial charge in [0.1, 0.15) is 5.75 Å². The fourth-order valence-electron chi connectivity index (χ4n) is 2.54. The van der Waals surface area contributed by atoms with E-state index in [-0.39, 0.29) is 24.1 Å². The maximum atomic E-state index is 12.2. The van der Waals surface area contributed by atoms with E-state index in [9.17, 15) is 9.59 Å². The van der Waals surface area contributed by atoms with Gasteiger partial charge in [0.2, 0.25) is 5.91 Å². The van der Waals surface area contributed by atoms with Gasteiger partial charge in [0.25, 0.3) is 5.91 Å². The summed E-state index contributed by atoms with van der Waals surface area (Å²) >= 11 is 7.17. The molecule has 2 amide bonds. The molecule has 2 N–H and O–H groups in total. The van der Waals surface area contributed by atoms with Crippen LogP contribution in [-0.4, -0.2) is 39.4 Å². The number of carbonyl (C=O) groups is 2. The van der Waals surface area contributed by atoms with Crippen LogP contribution in [0.25, 0.3) is 0 Å². The molecular formula is C20H20ClN5O3S. The van der Waals surface area contributed by atoms with E-state index in [1.807, 2.05) is 0 Å². The minimum Gasteiger partial charge on any atom is -0.497 e. The van der Waals surface area contributed by atoms with Crippen molar-refractivity contribution in [3.05, 3.63) is 64.9 Å². The number of anilines is 1. The van der Waals surface area contributed by atoms with Crippen LogP contribution in [0, 0.1) is 0 Å². The van der Waals surface area contributed by atoms with Gasteiger partial charge in [-0.3, -0.25) is 9.59 Å². The Balaban J connectivity index is 1.52. The van der Waals surface area contributed by atoms with Crippen LogP contribution in [0.1, 0.15) is 16.2 Å². The number of nitrogens with one attached hydrogen (secondary N) is 2. The van der Waals surface area contributed by atoms with Gasteiger partial charge in [-0.25, -0.2) is 0 Å². The number of ether oxygens (including phenoxy) is 1. The molecule has 0 saturated heterocycles. The van der Waals surface area contributed by atoms with Gasteiger partial charge in [0, 0.05) is 29.4 Å². The molecule has 2 aromatic carbocycles. The molecular weight excluding hydrogens is 426 g/mol. The Bertz CT molecular complexity index is 1060. The molecule has 1 heterocycles. The molecule has 156 valence electrons. The third-order valence-corrected chi connectivity index (χ3v) is 5.36. The predicted octanol–water partition coefficient (Wildman–Crippen LogP) is 3.14. The number of halogens is 1. The van der Waals surface area contributed by atoms with Gasteiger partial charge in [0.05, 0.1) is 19.4 Å². The molecule has 0 saturated carbocycles. The molecule has 1 aromatic heterocycles. The summed E-state index contributed by atoms with van der Waals surface area (Å²) in [6.07, 6.45) is 0. The molecule has 10 heteroatoms. The van der Waals surface area contributed by atoms with Gasteiger partial charge in [-0.05, 0) is 30.3 Å². The van der Waals surface area contributed by atoms with Crippen LogP contribution in [-0.2, 0) is 18.4 Å². The molecule has 0 aliphatic heterocycles. The molecule has 3 aromatic rings. The van der Waals surface area contributed by atoms with Gasteiger partial charge in [-0.1, -0.05) is 35.5 Å². The number of hydrogen-bond donors (Lipinski definition) is 2. The third-order valence-electron chi connectivity index (χ3n) is 4.10. The van der Waals surface area contributed by atoms with Crippen LogP contribution in [0.2, 0.25) is 5.02 Å². The maximum absolute atomic E-state index is 12.2. The normalized spacial score (nSPS) is 10.5. The minimum atomic E-state index is -0.257. The van der Waals surface area contributed by atoms with Crippen molar-refractivity contribution < 1.29 is 14.3 Å². The Morgan fingerprint density at radius 3 is 2.73 bits per heavy atom. The average Bonchev–Trinajstić information content (AvgIpc) is 3.10. The van der Waals surface area contributed by atoms with Crippen molar-refractivity contribution in [1.29, 1.82) is 0 Å². The maximum Gasteiger partial charge on any atom is 0.251 e. The van der Waals surface area contributed by atoms with Crippen molar-refractivity contribution in [1.82, 2.24) is 20.1 Å². The van der Waals surface area contributed by atoms with Crippen molar-refractivity contribution >= 4 is 40.9 Å². The molecule has 0 unspecified atom stereocenters. The fraction of sp³-hybridized carbons (Fsp3) is 0.200. The van der Waals surface area contributed by atoms with Gasteiger partial charge in [-0.2, -0.15) is 0 Å². The van der Waals surface area contributed by atoms with Gasteiger partial charge < -0.3 is 19.9 Å². The first-order valence-corrected chi connectivity index (χ1v) is 10.3. The highest BCUT2D eigenvalue weighted by Gasteiger charge is 2.13. The number of rotatable bonds is 8. The standard InChI is InChI=1S/C20H20ClN5O3S/c1-26-17(11-22-19(28)13-5-3-6-14(21)9-13)24-25-20(26)30-12-18(27)23-15-7-4-8-16(10-15)29-2/h3-10H,11-12H2,1-2H3,(H,22,28)(H,23,27). The highest BCUT2D eigenvalue weighted by molar-refractivity contribution is 7.99. The first kappa shape index (κ1) is 21.7. The van der Waals surface area contributed by atoms with Crippen molar-refractivity contribution in [3.8, 4) is 5.75 Å². The Labute approximate surface area is 183 Å². The third kappa shape index (κ3) is 5.74. The van der Waals surface area contributed by atoms with Crippen molar-refractivity contribution in [2.24, 2.45) is 7.05 Å². The average molecular weight is 446 g/mol. The van der Waals surface area contributed by atoms with Crippen LogP contribution in [0.15, 0.2) is 53.7 Å². The Morgan fingerprint density at radius 1 is 1.17 bits per heavy atom. The van der Waals surface area contributed by atoms with Gasteiger partial charge in [0.15, 0.2) is 11.0 Å². The molecule has 0 aliphatic rings. The summed E-state index contributed by atoms with van der Waals surface area (Å²) in [5.41, 5.74) is 1.12. The zero-order chi connectivity index (χ0) is 21.5. The van der Waals surface area contributed by atoms with E-state index in [0.29, 0.717) is 33.0 Å². The van der Waals surface area contributed by atoms with E-state index >= 15 is 0 Å². The zero-order valence-corrected chi connectivity index (χ0v) is 18.0. The summed E-state index contributed by atoms with van der Waals surface area (Å²) in [5.74, 6) is 0.969. The smallest absolute Gasteiger partial charge is 0.251 e. The molecule has 0 aliphatic carbocycles. The largest absolute Gasteiger partial charge is 0.497 e. The lowest BCUT2D eigenvalue weighted by atomic mass is 10.2. The first-order chi connectivity index (χ1) is 14.5. The number of benzene rings is 2. The predicted molar refractivity (Wildman–Crippen MR) is 116 cm³/mol. The van der Waals surface area contributed by atoms with Gasteiger partial charge >= 0.3 is 0 Å². The van der Waals surface area contributed by atoms with Crippen molar-refractivity contribution in [2.45, 2.75) is 11.7 Å². The number of carbonyl (C=O) groups excluding carboxylic acids is 2. The van der Waals surface area contributed by atoms with E-state index in [1.54, 1.807) is 67.3 Å². The second-order valence-electron chi connectivity index (χ2n) is 6.22. The van der Waals surface area contributed by atoms with Crippen LogP contribution in [0.4, 0.5) is 5.69 Å². The lowest BCUT2D eigenvalue weighted by Gasteiger charge is -2.07. The number of amides is 2. The second-order valence-corrected chi connectivity index (χ2v) is 7.60. The number of thioether (sulfide) groups is 1. The van der Waals surface area contributed by atoms with Gasteiger partial charge in [-0.15, -0.1) is 10.2 Å². The second kappa shape index (κ2) is 10.1. The molecule has 3 rings (SSSR count). The molecule has 0 spiro atoms. The molecule has 0 fully saturated rings. The summed E-state index contributed by atoms with van der Waals surface area (Å²) < 4.78 is 6.88. The number of hydrogen-bond acceptors (Lipinski definition) is 6. The summed E-state index contributed by atoms with van der Waals surface area (Å²) in [4.78, 5) is 24.4. The number of nitrogens with zero attached hydrogens (tertiary/aromatic N) is 3. The molecule has 0 atom stereocenters. The molecule has 8 nitrogen and oxygen atoms in total. The number of methoxy groups -OCH3 is 1. The Morgan fingerprint density at radius 2 is 1.97 bits per heavy atom. The van der Waals surface area contributed by atoms with Crippen LogP contribution in [0.5, 0.6) is 5.75 Å². The van der Waals surface area contributed by atoms with E-state index in [1.165, 1.54) is 11.8 Å². The van der Waals surface area contributed by atoms with Crippen LogP contribution >= 0.6 is 23.4 Å². The first-order valence-electron chi connectivity index (χ1n) is 8.95. The molecule has 0 bridgehead atoms. The summed E-state index contributed by atoms with van der Waals surface area (Å²) in [6.45, 7) is 0.200. The highest BCUT2D eigenvalue weighted by Crippen LogP contribution is 2.19. The summed E-state index contributed by atoms with van der Waals surface area (Å²) in [5, 5.41) is 14.8. The van der Waals surface area contributed by atoms with Crippen LogP contribution < -0.4 is 15.4 Å². The van der Waals surface area contributed by atoms with Crippen LogP contribution in [0.3, 0.4) is 0 Å². The lowest BCUT2D eigenvalue weighted by molar-refractivity contribution is -0.113. The SMILES string of the molecule is COc1cccc(NC(=O)CSc2nnc(CNC(=O)c3cccc(Cl)c3)n2C)c1. The Kier molecular flexibility index (Phi) is 7.31. The van der Waals surface area contributed by atoms with Crippen molar-refractivity contribution in [2.75, 3.05) is 18.2 Å². The zero-order valence-electron chi connectivity index (χ0n) is 16.4.